The van der Waals surface area contributed by atoms with Crippen LogP contribution in [0, 0.1) is 0 Å². The van der Waals surface area contributed by atoms with Crippen LogP contribution in [0.15, 0.2) is 5.11 Å². The second kappa shape index (κ2) is 5.25. The smallest absolute Gasteiger partial charge is 0.410 e. The minimum absolute atomic E-state index is 0.113. The summed E-state index contributed by atoms with van der Waals surface area (Å²) in [7, 11) is 1.57. The van der Waals surface area contributed by atoms with Gasteiger partial charge in [0.2, 0.25) is 0 Å². The van der Waals surface area contributed by atoms with E-state index in [1.807, 2.05) is 0 Å². The van der Waals surface area contributed by atoms with Gasteiger partial charge in [-0.1, -0.05) is 5.11 Å². The molecule has 1 fully saturated rings. The summed E-state index contributed by atoms with van der Waals surface area (Å²) in [6.07, 6.45) is -0.618. The van der Waals surface area contributed by atoms with Gasteiger partial charge >= 0.3 is 6.09 Å². The molecule has 0 N–H and O–H groups in total. The first-order chi connectivity index (χ1) is 7.87. The van der Waals surface area contributed by atoms with E-state index in [1.54, 1.807) is 27.9 Å². The zero-order chi connectivity index (χ0) is 13.1. The highest BCUT2D eigenvalue weighted by Crippen LogP contribution is 2.23. The molecule has 7 heteroatoms. The molecule has 2 atom stereocenters. The number of hydrogen-bond acceptors (Lipinski definition) is 4. The van der Waals surface area contributed by atoms with Crippen molar-refractivity contribution in [1.29, 1.82) is 0 Å². The zero-order valence-electron chi connectivity index (χ0n) is 10.6. The number of carbonyl (C=O) groups excluding carboxylic acids is 1. The van der Waals surface area contributed by atoms with Crippen LogP contribution in [0.25, 0.3) is 10.4 Å². The molecule has 0 spiro atoms. The Labute approximate surface area is 100 Å². The van der Waals surface area contributed by atoms with Crippen LogP contribution in [0.1, 0.15) is 27.2 Å². The predicted molar refractivity (Wildman–Crippen MR) is 61.3 cm³/mol. The fourth-order valence-corrected chi connectivity index (χ4v) is 1.63. The number of likely N-dealkylation sites (tertiary alicyclic amines) is 1. The second-order valence-corrected chi connectivity index (χ2v) is 4.91. The van der Waals surface area contributed by atoms with E-state index in [0.717, 1.165) is 0 Å². The van der Waals surface area contributed by atoms with E-state index < -0.39 is 17.9 Å². The van der Waals surface area contributed by atoms with Crippen molar-refractivity contribution in [1.82, 2.24) is 4.90 Å². The van der Waals surface area contributed by atoms with Crippen LogP contribution in [0.5, 0.6) is 0 Å². The highest BCUT2D eigenvalue weighted by atomic mass is 16.6. The molecule has 0 aromatic carbocycles. The average Bonchev–Trinajstić information content (AvgIpc) is 2.59. The fraction of sp³-hybridized carbons (Fsp3) is 0.900. The van der Waals surface area contributed by atoms with Crippen molar-refractivity contribution in [3.05, 3.63) is 10.4 Å². The Morgan fingerprint density at radius 3 is 2.65 bits per heavy atom. The topological polar surface area (TPSA) is 87.5 Å². The van der Waals surface area contributed by atoms with Gasteiger partial charge in [-0.3, -0.25) is 4.90 Å². The highest BCUT2D eigenvalue weighted by molar-refractivity contribution is 5.69. The van der Waals surface area contributed by atoms with Crippen LogP contribution in [-0.4, -0.2) is 42.5 Å². The molecule has 0 radical (unpaired) electrons. The summed E-state index contributed by atoms with van der Waals surface area (Å²) in [5, 5.41) is 3.58. The summed E-state index contributed by atoms with van der Waals surface area (Å²) >= 11 is 0. The van der Waals surface area contributed by atoms with Crippen molar-refractivity contribution in [3.63, 3.8) is 0 Å². The lowest BCUT2D eigenvalue weighted by molar-refractivity contribution is 0.0200. The summed E-state index contributed by atoms with van der Waals surface area (Å²) in [5.74, 6) is 0. The zero-order valence-corrected chi connectivity index (χ0v) is 10.6. The van der Waals surface area contributed by atoms with Gasteiger partial charge in [0.05, 0.1) is 12.6 Å². The number of azide groups is 1. The SMILES string of the molecule is COC1CC(N=[N+]=[N-])N(C(=O)OC(C)(C)C)C1. The van der Waals surface area contributed by atoms with Crippen molar-refractivity contribution < 1.29 is 14.3 Å². The van der Waals surface area contributed by atoms with Crippen LogP contribution >= 0.6 is 0 Å². The molecule has 1 heterocycles. The molecule has 2 unspecified atom stereocenters. The van der Waals surface area contributed by atoms with Gasteiger partial charge in [-0.25, -0.2) is 4.79 Å². The van der Waals surface area contributed by atoms with Crippen LogP contribution in [-0.2, 0) is 9.47 Å². The van der Waals surface area contributed by atoms with Crippen LogP contribution in [0.3, 0.4) is 0 Å². The molecule has 0 saturated carbocycles. The molecule has 0 bridgehead atoms. The summed E-state index contributed by atoms with van der Waals surface area (Å²) in [6, 6.07) is 0. The first kappa shape index (κ1) is 13.6. The number of nitrogens with zero attached hydrogens (tertiary/aromatic N) is 4. The van der Waals surface area contributed by atoms with Gasteiger partial charge in [0.1, 0.15) is 11.8 Å². The number of rotatable bonds is 2. The minimum Gasteiger partial charge on any atom is -0.444 e. The van der Waals surface area contributed by atoms with E-state index in [-0.39, 0.29) is 6.10 Å². The Balaban J connectivity index is 2.73. The third-order valence-corrected chi connectivity index (χ3v) is 2.38. The molecule has 1 rings (SSSR count). The van der Waals surface area contributed by atoms with Gasteiger partial charge < -0.3 is 9.47 Å². The second-order valence-electron chi connectivity index (χ2n) is 4.91. The van der Waals surface area contributed by atoms with Gasteiger partial charge in [0, 0.05) is 18.4 Å². The van der Waals surface area contributed by atoms with Crippen molar-refractivity contribution in [2.24, 2.45) is 5.11 Å². The Hall–Kier alpha value is -1.46. The minimum atomic E-state index is -0.566. The number of ether oxygens (including phenoxy) is 2. The molecule has 0 aromatic heterocycles. The Bertz CT molecular complexity index is 333. The fourth-order valence-electron chi connectivity index (χ4n) is 1.63. The molecule has 1 aliphatic rings. The first-order valence-corrected chi connectivity index (χ1v) is 5.44. The van der Waals surface area contributed by atoms with Gasteiger partial charge in [-0.2, -0.15) is 0 Å². The molecule has 17 heavy (non-hydrogen) atoms. The van der Waals surface area contributed by atoms with E-state index >= 15 is 0 Å². The lowest BCUT2D eigenvalue weighted by atomic mass is 10.2. The van der Waals surface area contributed by atoms with Gasteiger partial charge in [-0.05, 0) is 26.3 Å². The molecule has 1 aliphatic heterocycles. The number of carbonyl (C=O) groups is 1. The molecule has 1 amide bonds. The lowest BCUT2D eigenvalue weighted by Gasteiger charge is -2.26. The summed E-state index contributed by atoms with van der Waals surface area (Å²) in [4.78, 5) is 16.0. The third-order valence-electron chi connectivity index (χ3n) is 2.38. The van der Waals surface area contributed by atoms with E-state index in [0.29, 0.717) is 13.0 Å². The molecule has 1 saturated heterocycles. The molecule has 7 nitrogen and oxygen atoms in total. The number of amides is 1. The van der Waals surface area contributed by atoms with Crippen LogP contribution < -0.4 is 0 Å². The average molecular weight is 242 g/mol. The van der Waals surface area contributed by atoms with E-state index in [9.17, 15) is 4.79 Å². The van der Waals surface area contributed by atoms with E-state index in [4.69, 9.17) is 15.0 Å². The predicted octanol–water partition coefficient (Wildman–Crippen LogP) is 2.28. The molecule has 0 aromatic rings. The molecule has 0 aliphatic carbocycles. The third kappa shape index (κ3) is 3.80. The van der Waals surface area contributed by atoms with Crippen molar-refractivity contribution in [3.8, 4) is 0 Å². The quantitative estimate of drug-likeness (QED) is 0.422. The molecular formula is C10H18N4O3. The Morgan fingerprint density at radius 1 is 1.53 bits per heavy atom. The van der Waals surface area contributed by atoms with Gasteiger partial charge in [-0.15, -0.1) is 0 Å². The summed E-state index contributed by atoms with van der Waals surface area (Å²) in [5.41, 5.74) is 7.89. The highest BCUT2D eigenvalue weighted by Gasteiger charge is 2.37. The van der Waals surface area contributed by atoms with E-state index in [1.165, 1.54) is 4.90 Å². The maximum atomic E-state index is 11.9. The van der Waals surface area contributed by atoms with Crippen molar-refractivity contribution in [2.45, 2.75) is 45.1 Å². The number of methoxy groups -OCH3 is 1. The summed E-state index contributed by atoms with van der Waals surface area (Å²) < 4.78 is 10.4. The molecule has 96 valence electrons. The summed E-state index contributed by atoms with van der Waals surface area (Å²) in [6.45, 7) is 5.75. The Morgan fingerprint density at radius 2 is 2.18 bits per heavy atom. The normalized spacial score (nSPS) is 24.4. The standard InChI is InChI=1S/C10H18N4O3/c1-10(2,3)17-9(15)14-6-7(16-4)5-8(14)12-13-11/h7-8H,5-6H2,1-4H3. The monoisotopic (exact) mass is 242 g/mol. The van der Waals surface area contributed by atoms with E-state index in [2.05, 4.69) is 10.0 Å². The van der Waals surface area contributed by atoms with Crippen LogP contribution in [0.2, 0.25) is 0 Å². The van der Waals surface area contributed by atoms with Gasteiger partial charge in [0.15, 0.2) is 0 Å². The molecular weight excluding hydrogens is 224 g/mol. The van der Waals surface area contributed by atoms with Crippen molar-refractivity contribution >= 4 is 6.09 Å². The lowest BCUT2D eigenvalue weighted by Crippen LogP contribution is -2.39. The van der Waals surface area contributed by atoms with Crippen LogP contribution in [0.4, 0.5) is 4.79 Å². The Kier molecular flexibility index (Phi) is 4.20. The van der Waals surface area contributed by atoms with Crippen molar-refractivity contribution in [2.75, 3.05) is 13.7 Å². The maximum absolute atomic E-state index is 11.9. The number of hydrogen-bond donors (Lipinski definition) is 0. The maximum Gasteiger partial charge on any atom is 0.410 e. The largest absolute Gasteiger partial charge is 0.444 e. The first-order valence-electron chi connectivity index (χ1n) is 5.44. The van der Waals surface area contributed by atoms with Gasteiger partial charge in [0.25, 0.3) is 0 Å².